The van der Waals surface area contributed by atoms with Crippen LogP contribution in [0.3, 0.4) is 0 Å². The molecule has 120 valence electrons. The number of benzene rings is 1. The average Bonchev–Trinajstić information content (AvgIpc) is 2.96. The number of rotatable bonds is 3. The standard InChI is InChI=1S/C16H17N3O4/c1-17-15(21)14-9-19(16(22)23-14)11-4-2-10(3-5-11)13-8-12(20)6-7-18-13/h2-7,13-14,18H,8-9H2,1H3,(H,17,21)/t13?,14-/m1/s1. The van der Waals surface area contributed by atoms with Crippen molar-refractivity contribution in [2.24, 2.45) is 0 Å². The average molecular weight is 315 g/mol. The second-order valence-electron chi connectivity index (χ2n) is 5.41. The minimum Gasteiger partial charge on any atom is -0.434 e. The summed E-state index contributed by atoms with van der Waals surface area (Å²) < 4.78 is 5.05. The summed E-state index contributed by atoms with van der Waals surface area (Å²) in [6.07, 6.45) is 2.23. The number of cyclic esters (lactones) is 1. The van der Waals surface area contributed by atoms with Gasteiger partial charge in [-0.3, -0.25) is 14.5 Å². The van der Waals surface area contributed by atoms with Crippen molar-refractivity contribution in [1.29, 1.82) is 0 Å². The van der Waals surface area contributed by atoms with Crippen LogP contribution in [0.15, 0.2) is 36.5 Å². The van der Waals surface area contributed by atoms with Gasteiger partial charge in [-0.15, -0.1) is 0 Å². The summed E-state index contributed by atoms with van der Waals surface area (Å²) in [7, 11) is 1.50. The van der Waals surface area contributed by atoms with Crippen LogP contribution in [0, 0.1) is 0 Å². The molecule has 7 nitrogen and oxygen atoms in total. The Morgan fingerprint density at radius 1 is 1.30 bits per heavy atom. The van der Waals surface area contributed by atoms with Gasteiger partial charge in [0.2, 0.25) is 0 Å². The maximum atomic E-state index is 11.9. The van der Waals surface area contributed by atoms with Gasteiger partial charge >= 0.3 is 6.09 Å². The number of carbonyl (C=O) groups excluding carboxylic acids is 3. The zero-order valence-electron chi connectivity index (χ0n) is 12.6. The highest BCUT2D eigenvalue weighted by atomic mass is 16.6. The van der Waals surface area contributed by atoms with Crippen LogP contribution in [-0.2, 0) is 14.3 Å². The molecule has 1 fully saturated rings. The predicted molar refractivity (Wildman–Crippen MR) is 82.8 cm³/mol. The van der Waals surface area contributed by atoms with Crippen molar-refractivity contribution in [3.63, 3.8) is 0 Å². The Balaban J connectivity index is 1.72. The van der Waals surface area contributed by atoms with Crippen LogP contribution in [-0.4, -0.2) is 37.5 Å². The number of anilines is 1. The molecule has 2 aliphatic rings. The lowest BCUT2D eigenvalue weighted by atomic mass is 9.99. The zero-order valence-corrected chi connectivity index (χ0v) is 12.6. The van der Waals surface area contributed by atoms with Crippen molar-refractivity contribution in [2.45, 2.75) is 18.6 Å². The molecule has 0 spiro atoms. The molecule has 1 aromatic carbocycles. The molecule has 1 aromatic rings. The summed E-state index contributed by atoms with van der Waals surface area (Å²) >= 11 is 0. The van der Waals surface area contributed by atoms with E-state index >= 15 is 0 Å². The van der Waals surface area contributed by atoms with Crippen molar-refractivity contribution in [2.75, 3.05) is 18.5 Å². The number of ketones is 1. The number of carbonyl (C=O) groups is 3. The van der Waals surface area contributed by atoms with Crippen molar-refractivity contribution in [1.82, 2.24) is 10.6 Å². The summed E-state index contributed by atoms with van der Waals surface area (Å²) in [5.41, 5.74) is 1.62. The van der Waals surface area contributed by atoms with Crippen LogP contribution in [0.5, 0.6) is 0 Å². The van der Waals surface area contributed by atoms with Crippen LogP contribution >= 0.6 is 0 Å². The quantitative estimate of drug-likeness (QED) is 0.864. The van der Waals surface area contributed by atoms with Crippen molar-refractivity contribution in [3.05, 3.63) is 42.1 Å². The van der Waals surface area contributed by atoms with Crippen LogP contribution in [0.2, 0.25) is 0 Å². The highest BCUT2D eigenvalue weighted by Crippen LogP contribution is 2.26. The monoisotopic (exact) mass is 315 g/mol. The molecule has 0 aromatic heterocycles. The molecule has 0 aliphatic carbocycles. The lowest BCUT2D eigenvalue weighted by Crippen LogP contribution is -2.35. The van der Waals surface area contributed by atoms with Gasteiger partial charge in [-0.1, -0.05) is 12.1 Å². The third-order valence-electron chi connectivity index (χ3n) is 3.93. The second kappa shape index (κ2) is 6.12. The number of likely N-dealkylation sites (N-methyl/N-ethyl adjacent to an activating group) is 1. The Morgan fingerprint density at radius 3 is 2.70 bits per heavy atom. The van der Waals surface area contributed by atoms with E-state index in [0.29, 0.717) is 12.1 Å². The van der Waals surface area contributed by atoms with Crippen molar-refractivity contribution >= 4 is 23.5 Å². The minimum atomic E-state index is -0.796. The zero-order chi connectivity index (χ0) is 16.4. The number of nitrogens with zero attached hydrogens (tertiary/aromatic N) is 1. The van der Waals surface area contributed by atoms with Crippen LogP contribution < -0.4 is 15.5 Å². The van der Waals surface area contributed by atoms with Gasteiger partial charge in [-0.2, -0.15) is 0 Å². The summed E-state index contributed by atoms with van der Waals surface area (Å²) in [4.78, 5) is 36.3. The molecule has 2 heterocycles. The molecular weight excluding hydrogens is 298 g/mol. The van der Waals surface area contributed by atoms with Crippen LogP contribution in [0.25, 0.3) is 0 Å². The Kier molecular flexibility index (Phi) is 4.01. The number of hydrogen-bond donors (Lipinski definition) is 2. The van der Waals surface area contributed by atoms with Crippen molar-refractivity contribution in [3.8, 4) is 0 Å². The minimum absolute atomic E-state index is 0.0642. The summed E-state index contributed by atoms with van der Waals surface area (Å²) in [6.45, 7) is 0.181. The molecule has 23 heavy (non-hydrogen) atoms. The molecule has 1 saturated heterocycles. The first kappa shape index (κ1) is 15.1. The molecule has 2 N–H and O–H groups in total. The molecule has 2 atom stereocenters. The van der Waals surface area contributed by atoms with E-state index in [1.165, 1.54) is 18.0 Å². The fourth-order valence-electron chi connectivity index (χ4n) is 2.66. The Hall–Kier alpha value is -2.83. The normalized spacial score (nSPS) is 23.4. The van der Waals surface area contributed by atoms with E-state index < -0.39 is 12.2 Å². The van der Waals surface area contributed by atoms with Gasteiger partial charge in [-0.25, -0.2) is 4.79 Å². The lowest BCUT2D eigenvalue weighted by Gasteiger charge is -2.21. The van der Waals surface area contributed by atoms with E-state index in [9.17, 15) is 14.4 Å². The molecule has 0 bridgehead atoms. The van der Waals surface area contributed by atoms with Gasteiger partial charge in [-0.05, 0) is 23.8 Å². The van der Waals surface area contributed by atoms with E-state index in [-0.39, 0.29) is 24.3 Å². The predicted octanol–water partition coefficient (Wildman–Crippen LogP) is 0.875. The van der Waals surface area contributed by atoms with Gasteiger partial charge in [0.1, 0.15) is 0 Å². The van der Waals surface area contributed by atoms with E-state index in [0.717, 1.165) is 5.56 Å². The number of nitrogens with one attached hydrogen (secondary N) is 2. The van der Waals surface area contributed by atoms with Gasteiger partial charge < -0.3 is 15.4 Å². The Labute approximate surface area is 133 Å². The molecule has 3 rings (SSSR count). The fraction of sp³-hybridized carbons (Fsp3) is 0.312. The smallest absolute Gasteiger partial charge is 0.415 e. The molecule has 7 heteroatoms. The third kappa shape index (κ3) is 3.03. The van der Waals surface area contributed by atoms with Gasteiger partial charge in [0.05, 0.1) is 12.6 Å². The van der Waals surface area contributed by atoms with E-state index in [2.05, 4.69) is 10.6 Å². The maximum Gasteiger partial charge on any atom is 0.415 e. The second-order valence-corrected chi connectivity index (χ2v) is 5.41. The van der Waals surface area contributed by atoms with Gasteiger partial charge in [0, 0.05) is 25.4 Å². The number of ether oxygens (including phenoxy) is 1. The number of amides is 2. The lowest BCUT2D eigenvalue weighted by molar-refractivity contribution is -0.127. The molecular formula is C16H17N3O4. The Morgan fingerprint density at radius 2 is 2.04 bits per heavy atom. The van der Waals surface area contributed by atoms with Crippen LogP contribution in [0.4, 0.5) is 10.5 Å². The fourth-order valence-corrected chi connectivity index (χ4v) is 2.66. The summed E-state index contributed by atoms with van der Waals surface area (Å²) in [5, 5.41) is 5.60. The largest absolute Gasteiger partial charge is 0.434 e. The number of hydrogen-bond acceptors (Lipinski definition) is 5. The Bertz CT molecular complexity index is 668. The first-order chi connectivity index (χ1) is 11.1. The van der Waals surface area contributed by atoms with Crippen molar-refractivity contribution < 1.29 is 19.1 Å². The van der Waals surface area contributed by atoms with Gasteiger partial charge in [0.15, 0.2) is 11.9 Å². The van der Waals surface area contributed by atoms with Gasteiger partial charge in [0.25, 0.3) is 5.91 Å². The summed E-state index contributed by atoms with van der Waals surface area (Å²) in [6, 6.07) is 7.23. The van der Waals surface area contributed by atoms with E-state index in [1.807, 2.05) is 12.1 Å². The molecule has 0 radical (unpaired) electrons. The molecule has 1 unspecified atom stereocenters. The first-order valence-electron chi connectivity index (χ1n) is 7.33. The SMILES string of the molecule is CNC(=O)[C@H]1CN(c2ccc(C3CC(=O)C=CN3)cc2)C(=O)O1. The van der Waals surface area contributed by atoms with Crippen LogP contribution in [0.1, 0.15) is 18.0 Å². The maximum absolute atomic E-state index is 11.9. The molecule has 0 saturated carbocycles. The number of allylic oxidation sites excluding steroid dienone is 1. The third-order valence-corrected chi connectivity index (χ3v) is 3.93. The van der Waals surface area contributed by atoms with E-state index in [4.69, 9.17) is 4.74 Å². The molecule has 2 aliphatic heterocycles. The molecule has 2 amide bonds. The topological polar surface area (TPSA) is 87.7 Å². The highest BCUT2D eigenvalue weighted by molar-refractivity contribution is 5.95. The van der Waals surface area contributed by atoms with E-state index in [1.54, 1.807) is 18.3 Å². The first-order valence-corrected chi connectivity index (χ1v) is 7.33. The summed E-state index contributed by atoms with van der Waals surface area (Å²) in [5.74, 6) is -0.247. The highest BCUT2D eigenvalue weighted by Gasteiger charge is 2.36.